The van der Waals surface area contributed by atoms with E-state index in [-0.39, 0.29) is 24.9 Å². The van der Waals surface area contributed by atoms with Crippen molar-refractivity contribution in [2.24, 2.45) is 0 Å². The maximum absolute atomic E-state index is 13.3. The minimum absolute atomic E-state index is 0.0555. The van der Waals surface area contributed by atoms with Gasteiger partial charge in [-0.25, -0.2) is 4.79 Å². The Morgan fingerprint density at radius 1 is 1.03 bits per heavy atom. The monoisotopic (exact) mass is 440 g/mol. The molecule has 1 N–H and O–H groups in total. The molecule has 1 unspecified atom stereocenters. The lowest BCUT2D eigenvalue weighted by Gasteiger charge is -2.37. The van der Waals surface area contributed by atoms with E-state index in [0.717, 1.165) is 37.0 Å². The molecule has 3 aliphatic heterocycles. The number of piperidine rings is 1. The highest BCUT2D eigenvalue weighted by molar-refractivity contribution is 6.11. The molecule has 3 fully saturated rings. The Kier molecular flexibility index (Phi) is 5.27. The van der Waals surface area contributed by atoms with Gasteiger partial charge in [-0.15, -0.1) is 0 Å². The van der Waals surface area contributed by atoms with Crippen LogP contribution in [-0.4, -0.2) is 71.4 Å². The maximum Gasteiger partial charge on any atom is 0.325 e. The molecule has 1 aliphatic carbocycles. The van der Waals surface area contributed by atoms with Crippen molar-refractivity contribution in [3.05, 3.63) is 24.3 Å². The Morgan fingerprint density at radius 3 is 2.50 bits per heavy atom. The molecule has 9 heteroatoms. The van der Waals surface area contributed by atoms with Crippen LogP contribution in [0.3, 0.4) is 0 Å². The fraction of sp³-hybridized carbons (Fsp3) is 0.565. The highest BCUT2D eigenvalue weighted by atomic mass is 16.5. The molecule has 170 valence electrons. The molecule has 2 saturated heterocycles. The molecule has 0 radical (unpaired) electrons. The van der Waals surface area contributed by atoms with E-state index < -0.39 is 23.6 Å². The van der Waals surface area contributed by atoms with Crippen LogP contribution in [0, 0.1) is 0 Å². The lowest BCUT2D eigenvalue weighted by Crippen LogP contribution is -2.54. The number of fused-ring (bicyclic) bond motifs is 1. The second-order valence-electron chi connectivity index (χ2n) is 9.08. The van der Waals surface area contributed by atoms with E-state index in [4.69, 9.17) is 4.74 Å². The number of nitrogens with one attached hydrogen (secondary N) is 1. The van der Waals surface area contributed by atoms with E-state index in [1.54, 1.807) is 29.2 Å². The maximum atomic E-state index is 13.3. The molecular formula is C23H28N4O5. The number of likely N-dealkylation sites (tertiary alicyclic amines) is 1. The van der Waals surface area contributed by atoms with Crippen LogP contribution in [0.25, 0.3) is 0 Å². The number of anilines is 1. The fourth-order valence-corrected chi connectivity index (χ4v) is 5.27. The number of amides is 5. The summed E-state index contributed by atoms with van der Waals surface area (Å²) in [6.07, 6.45) is 5.20. The molecule has 1 atom stereocenters. The predicted octanol–water partition coefficient (Wildman–Crippen LogP) is 1.66. The second kappa shape index (κ2) is 8.11. The molecule has 0 aromatic heterocycles. The minimum Gasteiger partial charge on any atom is -0.476 e. The standard InChI is InChI=1S/C23H28N4O5/c28-19(15-27-21(30)23(24-22(27)31)10-4-5-11-23)26-14-18(20(29)25-12-6-1-7-13-25)32-17-9-3-2-8-16(17)26/h2-3,8-9,18H,1,4-7,10-15H2,(H,24,31). The Bertz CT molecular complexity index is 951. The van der Waals surface area contributed by atoms with Gasteiger partial charge in [-0.2, -0.15) is 0 Å². The predicted molar refractivity (Wildman–Crippen MR) is 115 cm³/mol. The lowest BCUT2D eigenvalue weighted by atomic mass is 9.98. The summed E-state index contributed by atoms with van der Waals surface area (Å²) in [5, 5.41) is 2.81. The number of rotatable bonds is 3. The van der Waals surface area contributed by atoms with Crippen molar-refractivity contribution < 1.29 is 23.9 Å². The molecule has 1 aromatic carbocycles. The van der Waals surface area contributed by atoms with Crippen LogP contribution in [0.1, 0.15) is 44.9 Å². The largest absolute Gasteiger partial charge is 0.476 e. The minimum atomic E-state index is -0.854. The number of para-hydroxylation sites is 2. The van der Waals surface area contributed by atoms with Crippen LogP contribution in [-0.2, 0) is 14.4 Å². The van der Waals surface area contributed by atoms with Gasteiger partial charge in [-0.1, -0.05) is 25.0 Å². The van der Waals surface area contributed by atoms with E-state index in [1.807, 2.05) is 0 Å². The van der Waals surface area contributed by atoms with E-state index in [1.165, 1.54) is 4.90 Å². The summed E-state index contributed by atoms with van der Waals surface area (Å²) in [4.78, 5) is 56.2. The summed E-state index contributed by atoms with van der Waals surface area (Å²) in [6.45, 7) is 1.09. The van der Waals surface area contributed by atoms with Crippen molar-refractivity contribution in [3.8, 4) is 5.75 Å². The van der Waals surface area contributed by atoms with Gasteiger partial charge in [0, 0.05) is 13.1 Å². The fourth-order valence-electron chi connectivity index (χ4n) is 5.27. The molecule has 3 heterocycles. The summed E-state index contributed by atoms with van der Waals surface area (Å²) < 4.78 is 5.97. The Balaban J connectivity index is 1.35. The van der Waals surface area contributed by atoms with E-state index in [2.05, 4.69) is 5.32 Å². The zero-order chi connectivity index (χ0) is 22.3. The number of carbonyl (C=O) groups is 4. The molecule has 32 heavy (non-hydrogen) atoms. The Morgan fingerprint density at radius 2 is 1.75 bits per heavy atom. The number of hydrogen-bond donors (Lipinski definition) is 1. The average Bonchev–Trinajstić information content (AvgIpc) is 3.38. The van der Waals surface area contributed by atoms with Gasteiger partial charge in [0.2, 0.25) is 5.91 Å². The number of hydrogen-bond acceptors (Lipinski definition) is 5. The molecule has 0 bridgehead atoms. The SMILES string of the molecule is O=C(C1CN(C(=O)CN2C(=O)NC3(CCCC3)C2=O)c2ccccc2O1)N1CCCCC1. The average molecular weight is 441 g/mol. The Hall–Kier alpha value is -3.10. The topological polar surface area (TPSA) is 99.3 Å². The smallest absolute Gasteiger partial charge is 0.325 e. The van der Waals surface area contributed by atoms with Crippen LogP contribution < -0.4 is 15.0 Å². The summed E-state index contributed by atoms with van der Waals surface area (Å²) in [5.41, 5.74) is -0.310. The summed E-state index contributed by atoms with van der Waals surface area (Å²) in [5.74, 6) is -0.407. The first-order valence-electron chi connectivity index (χ1n) is 11.5. The van der Waals surface area contributed by atoms with E-state index in [0.29, 0.717) is 37.4 Å². The zero-order valence-corrected chi connectivity index (χ0v) is 18.0. The third-order valence-corrected chi connectivity index (χ3v) is 7.01. The number of ether oxygens (including phenoxy) is 1. The van der Waals surface area contributed by atoms with Crippen LogP contribution >= 0.6 is 0 Å². The molecule has 9 nitrogen and oxygen atoms in total. The van der Waals surface area contributed by atoms with Gasteiger partial charge in [0.15, 0.2) is 6.10 Å². The highest BCUT2D eigenvalue weighted by Gasteiger charge is 2.53. The first-order valence-corrected chi connectivity index (χ1v) is 11.5. The van der Waals surface area contributed by atoms with Crippen molar-refractivity contribution in [1.82, 2.24) is 15.1 Å². The van der Waals surface area contributed by atoms with E-state index in [9.17, 15) is 19.2 Å². The van der Waals surface area contributed by atoms with Gasteiger partial charge in [-0.05, 0) is 44.2 Å². The number of carbonyl (C=O) groups excluding carboxylic acids is 4. The summed E-state index contributed by atoms with van der Waals surface area (Å²) >= 11 is 0. The first kappa shape index (κ1) is 20.8. The first-order chi connectivity index (χ1) is 15.5. The van der Waals surface area contributed by atoms with Crippen molar-refractivity contribution in [2.75, 3.05) is 31.1 Å². The van der Waals surface area contributed by atoms with Gasteiger partial charge in [0.1, 0.15) is 17.8 Å². The van der Waals surface area contributed by atoms with Crippen LogP contribution in [0.4, 0.5) is 10.5 Å². The molecule has 5 amide bonds. The normalized spacial score (nSPS) is 24.4. The van der Waals surface area contributed by atoms with Crippen molar-refractivity contribution in [1.29, 1.82) is 0 Å². The second-order valence-corrected chi connectivity index (χ2v) is 9.08. The lowest BCUT2D eigenvalue weighted by molar-refractivity contribution is -0.140. The number of urea groups is 1. The van der Waals surface area contributed by atoms with Gasteiger partial charge >= 0.3 is 6.03 Å². The molecule has 1 aromatic rings. The van der Waals surface area contributed by atoms with E-state index >= 15 is 0 Å². The van der Waals surface area contributed by atoms with Crippen LogP contribution in [0.2, 0.25) is 0 Å². The van der Waals surface area contributed by atoms with Gasteiger partial charge in [-0.3, -0.25) is 19.3 Å². The van der Waals surface area contributed by atoms with Gasteiger partial charge in [0.05, 0.1) is 12.2 Å². The number of nitrogens with zero attached hydrogens (tertiary/aromatic N) is 3. The molecule has 1 spiro atoms. The number of imide groups is 1. The van der Waals surface area contributed by atoms with Crippen molar-refractivity contribution in [2.45, 2.75) is 56.6 Å². The molecular weight excluding hydrogens is 412 g/mol. The summed E-state index contributed by atoms with van der Waals surface area (Å²) in [6, 6.07) is 6.53. The summed E-state index contributed by atoms with van der Waals surface area (Å²) in [7, 11) is 0. The molecule has 4 aliphatic rings. The van der Waals surface area contributed by atoms with Crippen LogP contribution in [0.15, 0.2) is 24.3 Å². The third-order valence-electron chi connectivity index (χ3n) is 7.01. The quantitative estimate of drug-likeness (QED) is 0.721. The van der Waals surface area contributed by atoms with Gasteiger partial charge < -0.3 is 19.9 Å². The van der Waals surface area contributed by atoms with Gasteiger partial charge in [0.25, 0.3) is 11.8 Å². The van der Waals surface area contributed by atoms with Crippen molar-refractivity contribution in [3.63, 3.8) is 0 Å². The van der Waals surface area contributed by atoms with Crippen LogP contribution in [0.5, 0.6) is 5.75 Å². The molecule has 1 saturated carbocycles. The third kappa shape index (κ3) is 3.49. The molecule has 5 rings (SSSR count). The zero-order valence-electron chi connectivity index (χ0n) is 18.0. The highest BCUT2D eigenvalue weighted by Crippen LogP contribution is 2.36. The number of benzene rings is 1. The Labute approximate surface area is 186 Å². The van der Waals surface area contributed by atoms with Crippen molar-refractivity contribution >= 4 is 29.4 Å².